The van der Waals surface area contributed by atoms with Crippen LogP contribution in [0.4, 0.5) is 4.39 Å². The molecular formula is C12H16FN3O. The van der Waals surface area contributed by atoms with E-state index in [0.29, 0.717) is 18.2 Å². The Labute approximate surface area is 99.2 Å². The monoisotopic (exact) mass is 237 g/mol. The van der Waals surface area contributed by atoms with Crippen molar-refractivity contribution in [3.05, 3.63) is 11.6 Å². The largest absolute Gasteiger partial charge is 0.290 e. The molecule has 1 aliphatic carbocycles. The fraction of sp³-hybridized carbons (Fsp3) is 0.750. The minimum absolute atomic E-state index is 0.0124. The SMILES string of the molecule is CC(C)C1C[C@H](F)c2nc(C(=O)C3CC3)nn21. The first-order chi connectivity index (χ1) is 8.08. The number of hydrogen-bond donors (Lipinski definition) is 0. The Hall–Kier alpha value is -1.26. The molecule has 0 N–H and O–H groups in total. The van der Waals surface area contributed by atoms with Gasteiger partial charge in [0, 0.05) is 12.3 Å². The Morgan fingerprint density at radius 2 is 2.18 bits per heavy atom. The van der Waals surface area contributed by atoms with Crippen LogP contribution < -0.4 is 0 Å². The molecule has 1 saturated carbocycles. The number of Topliss-reactive ketones (excluding diaryl/α,β-unsaturated/α-hetero) is 1. The summed E-state index contributed by atoms with van der Waals surface area (Å²) >= 11 is 0. The van der Waals surface area contributed by atoms with Crippen molar-refractivity contribution in [1.82, 2.24) is 14.8 Å². The number of fused-ring (bicyclic) bond motifs is 1. The highest BCUT2D eigenvalue weighted by Crippen LogP contribution is 2.40. The predicted molar refractivity (Wildman–Crippen MR) is 59.4 cm³/mol. The van der Waals surface area contributed by atoms with Gasteiger partial charge in [0.05, 0.1) is 6.04 Å². The normalized spacial score (nSPS) is 27.5. The molecule has 0 aromatic carbocycles. The first kappa shape index (κ1) is 10.9. The van der Waals surface area contributed by atoms with Gasteiger partial charge in [0.25, 0.3) is 0 Å². The lowest BCUT2D eigenvalue weighted by atomic mass is 10.0. The zero-order valence-electron chi connectivity index (χ0n) is 10.1. The maximum absolute atomic E-state index is 13.8. The third kappa shape index (κ3) is 1.68. The van der Waals surface area contributed by atoms with Gasteiger partial charge in [-0.15, -0.1) is 5.10 Å². The molecule has 17 heavy (non-hydrogen) atoms. The molecule has 92 valence electrons. The van der Waals surface area contributed by atoms with Crippen molar-refractivity contribution in [2.75, 3.05) is 0 Å². The molecule has 0 spiro atoms. The van der Waals surface area contributed by atoms with Gasteiger partial charge >= 0.3 is 0 Å². The molecule has 1 aromatic heterocycles. The number of ketones is 1. The van der Waals surface area contributed by atoms with E-state index in [-0.39, 0.29) is 23.6 Å². The van der Waals surface area contributed by atoms with E-state index in [1.165, 1.54) is 0 Å². The molecule has 4 nitrogen and oxygen atoms in total. The van der Waals surface area contributed by atoms with Gasteiger partial charge < -0.3 is 0 Å². The minimum Gasteiger partial charge on any atom is -0.290 e. The number of carbonyl (C=O) groups excluding carboxylic acids is 1. The van der Waals surface area contributed by atoms with Gasteiger partial charge in [-0.05, 0) is 18.8 Å². The van der Waals surface area contributed by atoms with Gasteiger partial charge in [0.15, 0.2) is 12.0 Å². The summed E-state index contributed by atoms with van der Waals surface area (Å²) in [6.07, 6.45) is 1.21. The lowest BCUT2D eigenvalue weighted by molar-refractivity contribution is 0.0956. The topological polar surface area (TPSA) is 47.8 Å². The summed E-state index contributed by atoms with van der Waals surface area (Å²) in [4.78, 5) is 15.9. The van der Waals surface area contributed by atoms with Crippen LogP contribution in [0.15, 0.2) is 0 Å². The molecule has 5 heteroatoms. The highest BCUT2D eigenvalue weighted by atomic mass is 19.1. The van der Waals surface area contributed by atoms with Crippen LogP contribution in [-0.2, 0) is 0 Å². The van der Waals surface area contributed by atoms with E-state index in [9.17, 15) is 9.18 Å². The van der Waals surface area contributed by atoms with Crippen LogP contribution in [-0.4, -0.2) is 20.5 Å². The van der Waals surface area contributed by atoms with E-state index in [1.807, 2.05) is 13.8 Å². The second kappa shape index (κ2) is 3.62. The van der Waals surface area contributed by atoms with Crippen molar-refractivity contribution >= 4 is 5.78 Å². The van der Waals surface area contributed by atoms with Gasteiger partial charge in [0.1, 0.15) is 0 Å². The molecule has 0 radical (unpaired) electrons. The van der Waals surface area contributed by atoms with Gasteiger partial charge in [-0.2, -0.15) is 0 Å². The van der Waals surface area contributed by atoms with Crippen LogP contribution in [0.5, 0.6) is 0 Å². The van der Waals surface area contributed by atoms with Crippen molar-refractivity contribution < 1.29 is 9.18 Å². The maximum atomic E-state index is 13.8. The predicted octanol–water partition coefficient (Wildman–Crippen LogP) is 2.48. The van der Waals surface area contributed by atoms with Crippen LogP contribution in [0.1, 0.15) is 61.8 Å². The summed E-state index contributed by atoms with van der Waals surface area (Å²) in [6.45, 7) is 4.08. The molecule has 0 amide bonds. The zero-order chi connectivity index (χ0) is 12.2. The van der Waals surface area contributed by atoms with E-state index in [2.05, 4.69) is 10.1 Å². The van der Waals surface area contributed by atoms with Crippen molar-refractivity contribution in [1.29, 1.82) is 0 Å². The van der Waals surface area contributed by atoms with Crippen molar-refractivity contribution in [2.45, 2.75) is 45.3 Å². The number of carbonyl (C=O) groups is 1. The van der Waals surface area contributed by atoms with E-state index in [1.54, 1.807) is 4.68 Å². The average molecular weight is 237 g/mol. The first-order valence-corrected chi connectivity index (χ1v) is 6.22. The van der Waals surface area contributed by atoms with Crippen molar-refractivity contribution in [3.63, 3.8) is 0 Å². The van der Waals surface area contributed by atoms with Crippen LogP contribution in [0.3, 0.4) is 0 Å². The van der Waals surface area contributed by atoms with Gasteiger partial charge in [-0.25, -0.2) is 14.1 Å². The highest BCUT2D eigenvalue weighted by molar-refractivity contribution is 5.95. The number of aromatic nitrogens is 3. The van der Waals surface area contributed by atoms with Gasteiger partial charge in [-0.3, -0.25) is 4.79 Å². The van der Waals surface area contributed by atoms with Crippen LogP contribution in [0, 0.1) is 11.8 Å². The summed E-state index contributed by atoms with van der Waals surface area (Å²) in [5.41, 5.74) is 0. The maximum Gasteiger partial charge on any atom is 0.217 e. The third-order valence-corrected chi connectivity index (χ3v) is 3.64. The minimum atomic E-state index is -1.07. The Balaban J connectivity index is 1.94. The molecule has 0 bridgehead atoms. The summed E-state index contributed by atoms with van der Waals surface area (Å²) in [7, 11) is 0. The molecule has 2 atom stereocenters. The van der Waals surface area contributed by atoms with Crippen LogP contribution in [0.25, 0.3) is 0 Å². The fourth-order valence-corrected chi connectivity index (χ4v) is 2.40. The molecule has 1 aliphatic heterocycles. The number of rotatable bonds is 3. The average Bonchev–Trinajstić information content (AvgIpc) is 2.95. The molecule has 3 rings (SSSR count). The Bertz CT molecular complexity index is 464. The van der Waals surface area contributed by atoms with Crippen molar-refractivity contribution in [3.8, 4) is 0 Å². The quantitative estimate of drug-likeness (QED) is 0.759. The van der Waals surface area contributed by atoms with E-state index >= 15 is 0 Å². The number of hydrogen-bond acceptors (Lipinski definition) is 3. The van der Waals surface area contributed by atoms with Crippen molar-refractivity contribution in [2.24, 2.45) is 11.8 Å². The number of nitrogens with zero attached hydrogens (tertiary/aromatic N) is 3. The fourth-order valence-electron chi connectivity index (χ4n) is 2.40. The number of halogens is 1. The summed E-state index contributed by atoms with van der Waals surface area (Å²) in [5, 5.41) is 4.22. The van der Waals surface area contributed by atoms with E-state index in [4.69, 9.17) is 0 Å². The molecule has 2 aliphatic rings. The van der Waals surface area contributed by atoms with Crippen LogP contribution in [0.2, 0.25) is 0 Å². The Morgan fingerprint density at radius 3 is 2.76 bits per heavy atom. The Kier molecular flexibility index (Phi) is 2.31. The summed E-state index contributed by atoms with van der Waals surface area (Å²) < 4.78 is 15.4. The summed E-state index contributed by atoms with van der Waals surface area (Å²) in [5.74, 6) is 0.943. The first-order valence-electron chi connectivity index (χ1n) is 6.22. The van der Waals surface area contributed by atoms with E-state index in [0.717, 1.165) is 12.8 Å². The smallest absolute Gasteiger partial charge is 0.217 e. The molecule has 1 aromatic rings. The van der Waals surface area contributed by atoms with Crippen LogP contribution >= 0.6 is 0 Å². The number of alkyl halides is 1. The molecular weight excluding hydrogens is 221 g/mol. The second-order valence-electron chi connectivity index (χ2n) is 5.39. The van der Waals surface area contributed by atoms with Gasteiger partial charge in [0.2, 0.25) is 11.6 Å². The molecule has 1 fully saturated rings. The third-order valence-electron chi connectivity index (χ3n) is 3.64. The van der Waals surface area contributed by atoms with E-state index < -0.39 is 6.17 Å². The zero-order valence-corrected chi connectivity index (χ0v) is 10.1. The highest BCUT2D eigenvalue weighted by Gasteiger charge is 2.39. The molecule has 1 unspecified atom stereocenters. The molecule has 0 saturated heterocycles. The lowest BCUT2D eigenvalue weighted by Gasteiger charge is -2.14. The summed E-state index contributed by atoms with van der Waals surface area (Å²) in [6, 6.07) is 0.0354. The Morgan fingerprint density at radius 1 is 1.47 bits per heavy atom. The molecule has 2 heterocycles. The second-order valence-corrected chi connectivity index (χ2v) is 5.39. The lowest BCUT2D eigenvalue weighted by Crippen LogP contribution is -2.13. The van der Waals surface area contributed by atoms with Gasteiger partial charge in [-0.1, -0.05) is 13.8 Å². The standard InChI is InChI=1S/C12H16FN3O/c1-6(2)9-5-8(13)12-14-11(15-16(9)12)10(17)7-3-4-7/h6-9H,3-5H2,1-2H3/t8-,9?/m0/s1.